The maximum atomic E-state index is 6.22. The lowest BCUT2D eigenvalue weighted by molar-refractivity contribution is 0.109. The van der Waals surface area contributed by atoms with E-state index in [4.69, 9.17) is 23.2 Å². The highest BCUT2D eigenvalue weighted by Crippen LogP contribution is 2.38. The van der Waals surface area contributed by atoms with Crippen molar-refractivity contribution < 1.29 is 0 Å². The summed E-state index contributed by atoms with van der Waals surface area (Å²) in [5.74, 6) is 0.868. The molecule has 27 heavy (non-hydrogen) atoms. The van der Waals surface area contributed by atoms with Crippen LogP contribution in [0.5, 0.6) is 0 Å². The fourth-order valence-electron chi connectivity index (χ4n) is 4.04. The number of hydrogen-bond donors (Lipinski definition) is 2. The van der Waals surface area contributed by atoms with Gasteiger partial charge in [-0.1, -0.05) is 23.2 Å². The van der Waals surface area contributed by atoms with E-state index in [1.54, 1.807) is 0 Å². The van der Waals surface area contributed by atoms with Crippen LogP contribution in [0.25, 0.3) is 10.9 Å². The molecule has 0 amide bonds. The van der Waals surface area contributed by atoms with Crippen LogP contribution in [0.15, 0.2) is 30.3 Å². The van der Waals surface area contributed by atoms with Gasteiger partial charge in [-0.15, -0.1) is 0 Å². The topological polar surface area (TPSA) is 44.0 Å². The van der Waals surface area contributed by atoms with E-state index in [2.05, 4.69) is 46.2 Å². The van der Waals surface area contributed by atoms with Gasteiger partial charge in [-0.25, -0.2) is 4.98 Å². The lowest BCUT2D eigenvalue weighted by atomic mass is 9.88. The van der Waals surface area contributed by atoms with Crippen molar-refractivity contribution >= 4 is 39.9 Å². The first-order valence-electron chi connectivity index (χ1n) is 9.29. The lowest BCUT2D eigenvalue weighted by Gasteiger charge is -2.42. The number of halogens is 2. The van der Waals surface area contributed by atoms with Gasteiger partial charge in [0, 0.05) is 41.3 Å². The molecule has 1 aliphatic rings. The molecule has 0 aliphatic carbocycles. The van der Waals surface area contributed by atoms with E-state index in [0.29, 0.717) is 5.02 Å². The molecular weight excluding hydrogens is 379 g/mol. The van der Waals surface area contributed by atoms with Crippen molar-refractivity contribution in [2.45, 2.75) is 32.7 Å². The number of rotatable bonds is 4. The molecule has 0 bridgehead atoms. The van der Waals surface area contributed by atoms with E-state index < -0.39 is 0 Å². The Kier molecular flexibility index (Phi) is 4.83. The smallest absolute Gasteiger partial charge is 0.126 e. The van der Waals surface area contributed by atoms with E-state index in [1.165, 1.54) is 22.2 Å². The molecule has 1 aliphatic heterocycles. The van der Waals surface area contributed by atoms with Gasteiger partial charge in [0.15, 0.2) is 0 Å². The summed E-state index contributed by atoms with van der Waals surface area (Å²) in [6.45, 7) is 9.28. The molecule has 0 spiro atoms. The third-order valence-corrected chi connectivity index (χ3v) is 6.25. The highest BCUT2D eigenvalue weighted by atomic mass is 35.5. The molecule has 4 rings (SSSR count). The normalized spacial score (nSPS) is 16.5. The van der Waals surface area contributed by atoms with E-state index in [9.17, 15) is 0 Å². The minimum Gasteiger partial charge on any atom is -0.369 e. The summed E-state index contributed by atoms with van der Waals surface area (Å²) in [5, 5.41) is 6.16. The summed E-state index contributed by atoms with van der Waals surface area (Å²) in [5.41, 5.74) is 4.65. The van der Waals surface area contributed by atoms with Crippen molar-refractivity contribution in [2.24, 2.45) is 0 Å². The standard InChI is InChI=1S/C21H24Cl2N4/c1-13-17(23)5-7-19(25-13)24-9-11-27-10-8-15-16-12-14(22)4-6-18(16)26-20(15)21(27,2)3/h4-7,12,26H,8-11H2,1-3H3,(H,24,25). The van der Waals surface area contributed by atoms with Crippen molar-refractivity contribution in [3.8, 4) is 0 Å². The first kappa shape index (κ1) is 18.6. The molecule has 3 aromatic rings. The Morgan fingerprint density at radius 3 is 2.81 bits per heavy atom. The first-order valence-corrected chi connectivity index (χ1v) is 10.0. The zero-order valence-electron chi connectivity index (χ0n) is 15.9. The van der Waals surface area contributed by atoms with Crippen LogP contribution in [0.3, 0.4) is 0 Å². The van der Waals surface area contributed by atoms with Crippen LogP contribution in [0, 0.1) is 6.92 Å². The van der Waals surface area contributed by atoms with Gasteiger partial charge < -0.3 is 10.3 Å². The van der Waals surface area contributed by atoms with Crippen LogP contribution in [-0.2, 0) is 12.0 Å². The molecule has 6 heteroatoms. The van der Waals surface area contributed by atoms with Gasteiger partial charge in [0.25, 0.3) is 0 Å². The highest BCUT2D eigenvalue weighted by Gasteiger charge is 2.36. The molecular formula is C21H24Cl2N4. The molecule has 0 atom stereocenters. The number of nitrogens with zero attached hydrogens (tertiary/aromatic N) is 2. The van der Waals surface area contributed by atoms with Crippen LogP contribution >= 0.6 is 23.2 Å². The number of pyridine rings is 1. The Labute approximate surface area is 169 Å². The summed E-state index contributed by atoms with van der Waals surface area (Å²) >= 11 is 12.3. The van der Waals surface area contributed by atoms with Gasteiger partial charge in [0.05, 0.1) is 16.3 Å². The zero-order valence-corrected chi connectivity index (χ0v) is 17.4. The number of aryl methyl sites for hydroxylation is 1. The summed E-state index contributed by atoms with van der Waals surface area (Å²) in [4.78, 5) is 10.6. The van der Waals surface area contributed by atoms with Crippen LogP contribution < -0.4 is 5.32 Å². The first-order chi connectivity index (χ1) is 12.9. The van der Waals surface area contributed by atoms with Crippen LogP contribution in [0.1, 0.15) is 30.8 Å². The van der Waals surface area contributed by atoms with Crippen LogP contribution in [0.4, 0.5) is 5.82 Å². The fourth-order valence-corrected chi connectivity index (χ4v) is 4.32. The number of fused-ring (bicyclic) bond motifs is 3. The maximum absolute atomic E-state index is 6.22. The second-order valence-corrected chi connectivity index (χ2v) is 8.50. The van der Waals surface area contributed by atoms with Crippen molar-refractivity contribution in [2.75, 3.05) is 25.0 Å². The third-order valence-electron chi connectivity index (χ3n) is 5.61. The summed E-state index contributed by atoms with van der Waals surface area (Å²) < 4.78 is 0. The number of aromatic nitrogens is 2. The van der Waals surface area contributed by atoms with Crippen molar-refractivity contribution in [1.29, 1.82) is 0 Å². The van der Waals surface area contributed by atoms with E-state index in [1.807, 2.05) is 25.1 Å². The number of benzene rings is 1. The van der Waals surface area contributed by atoms with Crippen molar-refractivity contribution in [3.05, 3.63) is 57.3 Å². The quantitative estimate of drug-likeness (QED) is 0.615. The zero-order chi connectivity index (χ0) is 19.2. The van der Waals surface area contributed by atoms with Gasteiger partial charge in [-0.2, -0.15) is 0 Å². The average molecular weight is 403 g/mol. The van der Waals surface area contributed by atoms with Gasteiger partial charge in [0.2, 0.25) is 0 Å². The van der Waals surface area contributed by atoms with Gasteiger partial charge >= 0.3 is 0 Å². The molecule has 0 saturated heterocycles. The SMILES string of the molecule is Cc1nc(NCCN2CCc3c([nH]c4ccc(Cl)cc34)C2(C)C)ccc1Cl. The van der Waals surface area contributed by atoms with E-state index in [-0.39, 0.29) is 5.54 Å². The van der Waals surface area contributed by atoms with Gasteiger partial charge in [-0.05, 0) is 63.1 Å². The summed E-state index contributed by atoms with van der Waals surface area (Å²) in [7, 11) is 0. The molecule has 4 nitrogen and oxygen atoms in total. The average Bonchev–Trinajstić information content (AvgIpc) is 2.99. The van der Waals surface area contributed by atoms with E-state index >= 15 is 0 Å². The van der Waals surface area contributed by atoms with Crippen LogP contribution in [0.2, 0.25) is 10.0 Å². The molecule has 142 valence electrons. The molecule has 0 radical (unpaired) electrons. The number of aromatic amines is 1. The van der Waals surface area contributed by atoms with Crippen molar-refractivity contribution in [3.63, 3.8) is 0 Å². The fraction of sp³-hybridized carbons (Fsp3) is 0.381. The summed E-state index contributed by atoms with van der Waals surface area (Å²) in [6, 6.07) is 9.91. The van der Waals surface area contributed by atoms with Gasteiger partial charge in [-0.3, -0.25) is 4.90 Å². The van der Waals surface area contributed by atoms with Crippen LogP contribution in [-0.4, -0.2) is 34.5 Å². The number of H-pyrrole nitrogens is 1. The Balaban J connectivity index is 1.50. The van der Waals surface area contributed by atoms with Gasteiger partial charge in [0.1, 0.15) is 5.82 Å². The van der Waals surface area contributed by atoms with E-state index in [0.717, 1.165) is 42.6 Å². The number of nitrogens with one attached hydrogen (secondary N) is 2. The lowest BCUT2D eigenvalue weighted by Crippen LogP contribution is -2.48. The molecule has 2 aromatic heterocycles. The number of anilines is 1. The Hall–Kier alpha value is -1.75. The Bertz CT molecular complexity index is 993. The Morgan fingerprint density at radius 2 is 2.04 bits per heavy atom. The molecule has 2 N–H and O–H groups in total. The third kappa shape index (κ3) is 3.42. The molecule has 1 aromatic carbocycles. The maximum Gasteiger partial charge on any atom is 0.126 e. The molecule has 3 heterocycles. The highest BCUT2D eigenvalue weighted by molar-refractivity contribution is 6.31. The minimum atomic E-state index is -0.0654. The largest absolute Gasteiger partial charge is 0.369 e. The monoisotopic (exact) mass is 402 g/mol. The van der Waals surface area contributed by atoms with Crippen molar-refractivity contribution in [1.82, 2.24) is 14.9 Å². The predicted molar refractivity (Wildman–Crippen MR) is 114 cm³/mol. The molecule has 0 saturated carbocycles. The number of hydrogen-bond acceptors (Lipinski definition) is 3. The second kappa shape index (κ2) is 7.01. The summed E-state index contributed by atoms with van der Waals surface area (Å²) in [6.07, 6.45) is 1.03. The predicted octanol–water partition coefficient (Wildman–Crippen LogP) is 5.38. The second-order valence-electron chi connectivity index (χ2n) is 7.66. The minimum absolute atomic E-state index is 0.0654. The molecule has 0 fully saturated rings. The molecule has 0 unspecified atom stereocenters. The Morgan fingerprint density at radius 1 is 1.22 bits per heavy atom.